The van der Waals surface area contributed by atoms with E-state index in [0.29, 0.717) is 13.0 Å². The second-order valence-electron chi connectivity index (χ2n) is 4.27. The van der Waals surface area contributed by atoms with Gasteiger partial charge in [0, 0.05) is 24.7 Å². The molecule has 1 aromatic carbocycles. The minimum absolute atomic E-state index is 0.00733. The number of ketones is 2. The van der Waals surface area contributed by atoms with E-state index in [4.69, 9.17) is 0 Å². The summed E-state index contributed by atoms with van der Waals surface area (Å²) in [5, 5.41) is 3.21. The van der Waals surface area contributed by atoms with Crippen LogP contribution in [0, 0.1) is 0 Å². The molecule has 0 atom stereocenters. The SMILES string of the molecule is CC(=O)/C=C(\NCCCC(C)=O)c1ccccc1. The van der Waals surface area contributed by atoms with Gasteiger partial charge in [0.15, 0.2) is 5.78 Å². The number of carbonyl (C=O) groups excluding carboxylic acids is 2. The van der Waals surface area contributed by atoms with Crippen molar-refractivity contribution in [1.82, 2.24) is 5.32 Å². The Balaban J connectivity index is 2.64. The van der Waals surface area contributed by atoms with Crippen molar-refractivity contribution in [2.24, 2.45) is 0 Å². The van der Waals surface area contributed by atoms with Crippen LogP contribution in [0.25, 0.3) is 5.70 Å². The van der Waals surface area contributed by atoms with E-state index in [1.54, 1.807) is 13.0 Å². The van der Waals surface area contributed by atoms with E-state index >= 15 is 0 Å². The molecule has 3 nitrogen and oxygen atoms in total. The van der Waals surface area contributed by atoms with E-state index in [1.165, 1.54) is 6.92 Å². The summed E-state index contributed by atoms with van der Waals surface area (Å²) in [6, 6.07) is 9.70. The lowest BCUT2D eigenvalue weighted by molar-refractivity contribution is -0.117. The normalized spacial score (nSPS) is 11.1. The fourth-order valence-corrected chi connectivity index (χ4v) is 1.62. The molecule has 18 heavy (non-hydrogen) atoms. The van der Waals surface area contributed by atoms with Crippen molar-refractivity contribution in [2.75, 3.05) is 6.54 Å². The van der Waals surface area contributed by atoms with E-state index in [1.807, 2.05) is 30.3 Å². The molecule has 0 fully saturated rings. The van der Waals surface area contributed by atoms with Crippen LogP contribution >= 0.6 is 0 Å². The summed E-state index contributed by atoms with van der Waals surface area (Å²) in [6.45, 7) is 3.80. The summed E-state index contributed by atoms with van der Waals surface area (Å²) in [5.74, 6) is 0.196. The maximum atomic E-state index is 11.2. The highest BCUT2D eigenvalue weighted by Crippen LogP contribution is 2.11. The zero-order valence-electron chi connectivity index (χ0n) is 10.9. The van der Waals surface area contributed by atoms with Gasteiger partial charge in [0.25, 0.3) is 0 Å². The molecule has 0 bridgehead atoms. The first-order chi connectivity index (χ1) is 8.59. The zero-order valence-corrected chi connectivity index (χ0v) is 10.9. The van der Waals surface area contributed by atoms with Gasteiger partial charge in [0.1, 0.15) is 5.78 Å². The van der Waals surface area contributed by atoms with Crippen LogP contribution < -0.4 is 5.32 Å². The Morgan fingerprint density at radius 3 is 2.39 bits per heavy atom. The van der Waals surface area contributed by atoms with Gasteiger partial charge in [-0.2, -0.15) is 0 Å². The maximum absolute atomic E-state index is 11.2. The predicted octanol–water partition coefficient (Wildman–Crippen LogP) is 2.58. The van der Waals surface area contributed by atoms with E-state index in [9.17, 15) is 9.59 Å². The highest BCUT2D eigenvalue weighted by atomic mass is 16.1. The van der Waals surface area contributed by atoms with Crippen molar-refractivity contribution >= 4 is 17.3 Å². The van der Waals surface area contributed by atoms with Crippen LogP contribution in [0.3, 0.4) is 0 Å². The molecule has 0 spiro atoms. The topological polar surface area (TPSA) is 46.2 Å². The van der Waals surface area contributed by atoms with Gasteiger partial charge < -0.3 is 10.1 Å². The molecule has 0 unspecified atom stereocenters. The van der Waals surface area contributed by atoms with Gasteiger partial charge in [-0.15, -0.1) is 0 Å². The number of Topliss-reactive ketones (excluding diaryl/α,β-unsaturated/α-hetero) is 1. The third-order valence-electron chi connectivity index (χ3n) is 2.45. The van der Waals surface area contributed by atoms with Crippen LogP contribution in [0.4, 0.5) is 0 Å². The van der Waals surface area contributed by atoms with Gasteiger partial charge in [-0.1, -0.05) is 30.3 Å². The lowest BCUT2D eigenvalue weighted by atomic mass is 10.1. The van der Waals surface area contributed by atoms with E-state index in [-0.39, 0.29) is 11.6 Å². The molecule has 0 saturated heterocycles. The molecule has 1 N–H and O–H groups in total. The fourth-order valence-electron chi connectivity index (χ4n) is 1.62. The molecule has 1 rings (SSSR count). The molecule has 0 aliphatic carbocycles. The lowest BCUT2D eigenvalue weighted by Crippen LogP contribution is -2.15. The summed E-state index contributed by atoms with van der Waals surface area (Å²) >= 11 is 0. The van der Waals surface area contributed by atoms with E-state index in [0.717, 1.165) is 17.7 Å². The van der Waals surface area contributed by atoms with Crippen LogP contribution in [0.1, 0.15) is 32.3 Å². The van der Waals surface area contributed by atoms with Crippen LogP contribution in [0.2, 0.25) is 0 Å². The fraction of sp³-hybridized carbons (Fsp3) is 0.333. The van der Waals surface area contributed by atoms with Crippen LogP contribution in [-0.2, 0) is 9.59 Å². The molecule has 1 aromatic rings. The number of allylic oxidation sites excluding steroid dienone is 1. The first-order valence-corrected chi connectivity index (χ1v) is 6.10. The Morgan fingerprint density at radius 1 is 1.17 bits per heavy atom. The zero-order chi connectivity index (χ0) is 13.4. The van der Waals surface area contributed by atoms with Crippen molar-refractivity contribution < 1.29 is 9.59 Å². The standard InChI is InChI=1S/C15H19NO2/c1-12(17)7-6-10-16-15(11-13(2)18)14-8-4-3-5-9-14/h3-5,8-9,11,16H,6-7,10H2,1-2H3/b15-11-. The highest BCUT2D eigenvalue weighted by Gasteiger charge is 2.02. The van der Waals surface area contributed by atoms with Crippen LogP contribution in [-0.4, -0.2) is 18.1 Å². The molecule has 0 radical (unpaired) electrons. The maximum Gasteiger partial charge on any atom is 0.154 e. The second-order valence-corrected chi connectivity index (χ2v) is 4.27. The minimum atomic E-state index is 0.00733. The molecular weight excluding hydrogens is 226 g/mol. The second kappa shape index (κ2) is 7.43. The van der Waals surface area contributed by atoms with Gasteiger partial charge in [0.05, 0.1) is 0 Å². The number of rotatable bonds is 7. The number of benzene rings is 1. The minimum Gasteiger partial charge on any atom is -0.384 e. The Morgan fingerprint density at radius 2 is 1.83 bits per heavy atom. The molecule has 0 heterocycles. The molecule has 0 saturated carbocycles. The smallest absolute Gasteiger partial charge is 0.154 e. The largest absolute Gasteiger partial charge is 0.384 e. The molecule has 0 amide bonds. The number of nitrogens with one attached hydrogen (secondary N) is 1. The number of hydrogen-bond acceptors (Lipinski definition) is 3. The van der Waals surface area contributed by atoms with Crippen molar-refractivity contribution in [2.45, 2.75) is 26.7 Å². The molecule has 0 aromatic heterocycles. The third-order valence-corrected chi connectivity index (χ3v) is 2.45. The molecular formula is C15H19NO2. The lowest BCUT2D eigenvalue weighted by Gasteiger charge is -2.10. The monoisotopic (exact) mass is 245 g/mol. The van der Waals surface area contributed by atoms with Crippen molar-refractivity contribution in [1.29, 1.82) is 0 Å². The molecule has 3 heteroatoms. The summed E-state index contributed by atoms with van der Waals surface area (Å²) in [7, 11) is 0. The van der Waals surface area contributed by atoms with E-state index in [2.05, 4.69) is 5.32 Å². The van der Waals surface area contributed by atoms with Gasteiger partial charge in [-0.25, -0.2) is 0 Å². The Kier molecular flexibility index (Phi) is 5.85. The average Bonchev–Trinajstić information content (AvgIpc) is 2.33. The first-order valence-electron chi connectivity index (χ1n) is 6.10. The van der Waals surface area contributed by atoms with Crippen LogP contribution in [0.15, 0.2) is 36.4 Å². The van der Waals surface area contributed by atoms with Gasteiger partial charge in [0.2, 0.25) is 0 Å². The molecule has 0 aliphatic heterocycles. The van der Waals surface area contributed by atoms with Gasteiger partial charge in [-0.3, -0.25) is 4.79 Å². The summed E-state index contributed by atoms with van der Waals surface area (Å²) in [6.07, 6.45) is 2.93. The number of carbonyl (C=O) groups is 2. The molecule has 0 aliphatic rings. The third kappa shape index (κ3) is 5.43. The highest BCUT2D eigenvalue weighted by molar-refractivity contribution is 5.94. The van der Waals surface area contributed by atoms with E-state index < -0.39 is 0 Å². The summed E-state index contributed by atoms with van der Waals surface area (Å²) in [5.41, 5.74) is 1.79. The van der Waals surface area contributed by atoms with Gasteiger partial charge >= 0.3 is 0 Å². The molecule has 96 valence electrons. The first kappa shape index (κ1) is 14.2. The van der Waals surface area contributed by atoms with Crippen molar-refractivity contribution in [3.8, 4) is 0 Å². The van der Waals surface area contributed by atoms with Crippen molar-refractivity contribution in [3.05, 3.63) is 42.0 Å². The Bertz CT molecular complexity index is 435. The summed E-state index contributed by atoms with van der Waals surface area (Å²) < 4.78 is 0. The van der Waals surface area contributed by atoms with Crippen LogP contribution in [0.5, 0.6) is 0 Å². The summed E-state index contributed by atoms with van der Waals surface area (Å²) in [4.78, 5) is 22.0. The predicted molar refractivity (Wildman–Crippen MR) is 73.0 cm³/mol. The van der Waals surface area contributed by atoms with Gasteiger partial charge in [-0.05, 0) is 25.8 Å². The average molecular weight is 245 g/mol. The van der Waals surface area contributed by atoms with Crippen molar-refractivity contribution in [3.63, 3.8) is 0 Å². The Labute approximate surface area is 108 Å². The quantitative estimate of drug-likeness (QED) is 0.593. The Hall–Kier alpha value is -1.90. The number of hydrogen-bond donors (Lipinski definition) is 1.